The smallest absolute Gasteiger partial charge is 0.309 e. The molecule has 1 aromatic heterocycles. The lowest BCUT2D eigenvalue weighted by Crippen LogP contribution is -2.58. The van der Waals surface area contributed by atoms with Gasteiger partial charge < -0.3 is 25.0 Å². The SMILES string of the molecule is CC[C@H](C)[C@H](NC(=O)[C@H]1CCCCN1C)C(=O)N(C)C(C[C@@H](OC(C)=O)c1nc(C(=O)N[C@H](C)[C@@H](OC(=O)C(C)C)c2ccccc2)cs1)C(C)C. The third-order valence-electron chi connectivity index (χ3n) is 9.91. The average molecular weight is 742 g/mol. The minimum Gasteiger partial charge on any atom is -0.455 e. The number of carbonyl (C=O) groups is 5. The van der Waals surface area contributed by atoms with Gasteiger partial charge in [0.15, 0.2) is 6.10 Å². The number of nitrogens with zero attached hydrogens (tertiary/aromatic N) is 3. The summed E-state index contributed by atoms with van der Waals surface area (Å²) in [5.41, 5.74) is 0.872. The Kier molecular flexibility index (Phi) is 16.2. The van der Waals surface area contributed by atoms with Crippen LogP contribution in [0.1, 0.15) is 121 Å². The molecule has 1 fully saturated rings. The van der Waals surface area contributed by atoms with Crippen molar-refractivity contribution in [3.63, 3.8) is 0 Å². The highest BCUT2D eigenvalue weighted by Crippen LogP contribution is 2.31. The molecule has 1 saturated heterocycles. The van der Waals surface area contributed by atoms with E-state index in [0.717, 1.165) is 31.4 Å². The van der Waals surface area contributed by atoms with Gasteiger partial charge in [0.1, 0.15) is 22.8 Å². The maximum absolute atomic E-state index is 14.2. The Hall–Kier alpha value is -3.84. The summed E-state index contributed by atoms with van der Waals surface area (Å²) in [4.78, 5) is 74.3. The van der Waals surface area contributed by atoms with Crippen molar-refractivity contribution in [2.24, 2.45) is 17.8 Å². The minimum absolute atomic E-state index is 0.0446. The van der Waals surface area contributed by atoms with E-state index in [1.807, 2.05) is 70.0 Å². The predicted molar refractivity (Wildman–Crippen MR) is 201 cm³/mol. The number of piperidine rings is 1. The molecule has 0 radical (unpaired) electrons. The van der Waals surface area contributed by atoms with Crippen molar-refractivity contribution < 1.29 is 33.4 Å². The number of likely N-dealkylation sites (N-methyl/N-ethyl adjacent to an activating group) is 2. The van der Waals surface area contributed by atoms with Gasteiger partial charge in [-0.1, -0.05) is 84.7 Å². The number of rotatable bonds is 17. The summed E-state index contributed by atoms with van der Waals surface area (Å²) in [5.74, 6) is -2.21. The van der Waals surface area contributed by atoms with Crippen molar-refractivity contribution in [3.05, 3.63) is 52.0 Å². The van der Waals surface area contributed by atoms with Crippen molar-refractivity contribution in [1.29, 1.82) is 0 Å². The van der Waals surface area contributed by atoms with Gasteiger partial charge in [-0.2, -0.15) is 0 Å². The third kappa shape index (κ3) is 11.6. The van der Waals surface area contributed by atoms with E-state index in [1.54, 1.807) is 38.1 Å². The van der Waals surface area contributed by atoms with Gasteiger partial charge in [0.25, 0.3) is 5.91 Å². The second kappa shape index (κ2) is 19.8. The molecule has 0 saturated carbocycles. The first-order chi connectivity index (χ1) is 24.5. The molecule has 3 amide bonds. The van der Waals surface area contributed by atoms with E-state index >= 15 is 0 Å². The quantitative estimate of drug-likeness (QED) is 0.195. The zero-order valence-corrected chi connectivity index (χ0v) is 33.3. The van der Waals surface area contributed by atoms with Crippen molar-refractivity contribution in [2.75, 3.05) is 20.6 Å². The first-order valence-corrected chi connectivity index (χ1v) is 19.4. The van der Waals surface area contributed by atoms with Crippen LogP contribution in [0.5, 0.6) is 0 Å². The predicted octanol–water partition coefficient (Wildman–Crippen LogP) is 5.69. The Labute approximate surface area is 313 Å². The molecular formula is C39H59N5O7S. The molecule has 0 spiro atoms. The van der Waals surface area contributed by atoms with E-state index in [1.165, 1.54) is 18.3 Å². The number of ether oxygens (including phenoxy) is 2. The lowest BCUT2D eigenvalue weighted by atomic mass is 9.92. The van der Waals surface area contributed by atoms with Crippen molar-refractivity contribution in [2.45, 2.75) is 124 Å². The molecule has 52 heavy (non-hydrogen) atoms. The number of thiazole rings is 1. The van der Waals surface area contributed by atoms with Gasteiger partial charge in [-0.05, 0) is 50.8 Å². The molecule has 0 bridgehead atoms. The Morgan fingerprint density at radius 1 is 1.00 bits per heavy atom. The molecule has 13 heteroatoms. The molecule has 1 aliphatic heterocycles. The summed E-state index contributed by atoms with van der Waals surface area (Å²) in [6.45, 7) is 15.4. The van der Waals surface area contributed by atoms with Gasteiger partial charge in [-0.25, -0.2) is 4.98 Å². The number of nitrogens with one attached hydrogen (secondary N) is 2. The van der Waals surface area contributed by atoms with Crippen LogP contribution in [-0.4, -0.2) is 89.3 Å². The maximum atomic E-state index is 14.2. The van der Waals surface area contributed by atoms with E-state index in [0.29, 0.717) is 11.4 Å². The summed E-state index contributed by atoms with van der Waals surface area (Å²) in [6, 6.07) is 7.26. The second-order valence-electron chi connectivity index (χ2n) is 14.7. The first kappa shape index (κ1) is 42.6. The highest BCUT2D eigenvalue weighted by atomic mass is 32.1. The van der Waals surface area contributed by atoms with Crippen LogP contribution in [0.3, 0.4) is 0 Å². The van der Waals surface area contributed by atoms with Crippen LogP contribution in [0.15, 0.2) is 35.7 Å². The first-order valence-electron chi connectivity index (χ1n) is 18.5. The molecule has 1 aromatic carbocycles. The fourth-order valence-electron chi connectivity index (χ4n) is 6.48. The van der Waals surface area contributed by atoms with E-state index < -0.39 is 36.2 Å². The number of amides is 3. The number of benzene rings is 1. The summed E-state index contributed by atoms with van der Waals surface area (Å²) in [6.07, 6.45) is 2.15. The van der Waals surface area contributed by atoms with E-state index in [4.69, 9.17) is 9.47 Å². The van der Waals surface area contributed by atoms with Gasteiger partial charge in [0.2, 0.25) is 11.8 Å². The number of likely N-dealkylation sites (tertiary alicyclic amines) is 1. The van der Waals surface area contributed by atoms with E-state index in [-0.39, 0.29) is 59.7 Å². The van der Waals surface area contributed by atoms with E-state index in [9.17, 15) is 24.0 Å². The number of carbonyl (C=O) groups excluding carboxylic acids is 5. The van der Waals surface area contributed by atoms with Gasteiger partial charge >= 0.3 is 11.9 Å². The lowest BCUT2D eigenvalue weighted by Gasteiger charge is -2.38. The van der Waals surface area contributed by atoms with Crippen molar-refractivity contribution in [1.82, 2.24) is 25.4 Å². The fraction of sp³-hybridized carbons (Fsp3) is 0.641. The van der Waals surface area contributed by atoms with E-state index in [2.05, 4.69) is 15.6 Å². The standard InChI is InChI=1S/C39H59N5O7S/c1-11-25(6)33(42-36(47)30-19-15-16-20-43(30)9)38(48)44(10)31(23(2)3)21-32(50-27(8)45)37-41-29(22-52-37)35(46)40-26(7)34(51-39(49)24(4)5)28-17-13-12-14-18-28/h12-14,17-18,22-26,30-34H,11,15-16,19-21H2,1-10H3,(H,40,46)(H,42,47)/t25-,26+,30+,31?,32+,33-,34+/m0/s1. The summed E-state index contributed by atoms with van der Waals surface area (Å²) in [7, 11) is 3.67. The topological polar surface area (TPSA) is 147 Å². The van der Waals surface area contributed by atoms with Crippen molar-refractivity contribution in [3.8, 4) is 0 Å². The van der Waals surface area contributed by atoms with Gasteiger partial charge in [-0.15, -0.1) is 11.3 Å². The minimum atomic E-state index is -0.833. The summed E-state index contributed by atoms with van der Waals surface area (Å²) >= 11 is 1.19. The molecule has 1 aliphatic rings. The molecule has 2 N–H and O–H groups in total. The summed E-state index contributed by atoms with van der Waals surface area (Å²) < 4.78 is 11.6. The molecular weight excluding hydrogens is 683 g/mol. The van der Waals surface area contributed by atoms with Crippen LogP contribution in [0.25, 0.3) is 0 Å². The Morgan fingerprint density at radius 3 is 2.25 bits per heavy atom. The normalized spacial score (nSPS) is 18.4. The zero-order chi connectivity index (χ0) is 38.7. The molecule has 288 valence electrons. The average Bonchev–Trinajstić information content (AvgIpc) is 3.61. The van der Waals surface area contributed by atoms with Crippen LogP contribution in [0.2, 0.25) is 0 Å². The Morgan fingerprint density at radius 2 is 1.67 bits per heavy atom. The molecule has 2 heterocycles. The van der Waals surface area contributed by atoms with Crippen LogP contribution in [0, 0.1) is 17.8 Å². The largest absolute Gasteiger partial charge is 0.455 e. The molecule has 1 unspecified atom stereocenters. The number of aromatic nitrogens is 1. The Bertz CT molecular complexity index is 1500. The Balaban J connectivity index is 1.81. The summed E-state index contributed by atoms with van der Waals surface area (Å²) in [5, 5.41) is 8.02. The van der Waals surface area contributed by atoms with Crippen LogP contribution in [-0.2, 0) is 28.7 Å². The van der Waals surface area contributed by atoms with Crippen LogP contribution >= 0.6 is 11.3 Å². The molecule has 12 nitrogen and oxygen atoms in total. The highest BCUT2D eigenvalue weighted by molar-refractivity contribution is 7.09. The van der Waals surface area contributed by atoms with Gasteiger partial charge in [0, 0.05) is 31.8 Å². The number of hydrogen-bond donors (Lipinski definition) is 2. The van der Waals surface area contributed by atoms with Crippen LogP contribution in [0.4, 0.5) is 0 Å². The third-order valence-corrected chi connectivity index (χ3v) is 10.9. The van der Waals surface area contributed by atoms with Gasteiger partial charge in [-0.3, -0.25) is 28.9 Å². The highest BCUT2D eigenvalue weighted by Gasteiger charge is 2.37. The molecule has 3 rings (SSSR count). The molecule has 0 aliphatic carbocycles. The fourth-order valence-corrected chi connectivity index (χ4v) is 7.32. The van der Waals surface area contributed by atoms with Gasteiger partial charge in [0.05, 0.1) is 18.0 Å². The lowest BCUT2D eigenvalue weighted by molar-refractivity contribution is -0.154. The van der Waals surface area contributed by atoms with Crippen molar-refractivity contribution >= 4 is 41.0 Å². The zero-order valence-electron chi connectivity index (χ0n) is 32.5. The second-order valence-corrected chi connectivity index (χ2v) is 15.6. The molecule has 2 aromatic rings. The maximum Gasteiger partial charge on any atom is 0.309 e. The molecule has 7 atom stereocenters. The number of esters is 2. The number of hydrogen-bond acceptors (Lipinski definition) is 10. The van der Waals surface area contributed by atoms with Crippen LogP contribution < -0.4 is 10.6 Å². The monoisotopic (exact) mass is 741 g/mol.